The molecule has 2 aliphatic rings. The highest BCUT2D eigenvalue weighted by atomic mass is 19.1. The first kappa shape index (κ1) is 10.7. The fraction of sp³-hybridized carbons (Fsp3) is 0.909. The zero-order valence-corrected chi connectivity index (χ0v) is 9.50. The summed E-state index contributed by atoms with van der Waals surface area (Å²) >= 11 is 0. The maximum Gasteiger partial charge on any atom is 0.410 e. The lowest BCUT2D eigenvalue weighted by atomic mass is 9.75. The molecule has 1 aliphatic carbocycles. The van der Waals surface area contributed by atoms with Crippen molar-refractivity contribution in [2.75, 3.05) is 13.1 Å². The molecule has 0 aromatic heterocycles. The van der Waals surface area contributed by atoms with Crippen LogP contribution in [0.3, 0.4) is 0 Å². The van der Waals surface area contributed by atoms with Crippen molar-refractivity contribution in [3.63, 3.8) is 0 Å². The van der Waals surface area contributed by atoms with E-state index in [0.29, 0.717) is 25.4 Å². The second kappa shape index (κ2) is 3.35. The smallest absolute Gasteiger partial charge is 0.410 e. The predicted octanol–water partition coefficient (Wildman–Crippen LogP) is 2.21. The van der Waals surface area contributed by atoms with E-state index in [1.165, 1.54) is 0 Å². The third-order valence-electron chi connectivity index (χ3n) is 3.14. The second-order valence-electron chi connectivity index (χ2n) is 5.56. The Labute approximate surface area is 89.6 Å². The van der Waals surface area contributed by atoms with Crippen molar-refractivity contribution < 1.29 is 13.9 Å². The molecular weight excluding hydrogens is 197 g/mol. The van der Waals surface area contributed by atoms with Gasteiger partial charge in [0.05, 0.1) is 0 Å². The third-order valence-corrected chi connectivity index (χ3v) is 3.14. The molecule has 0 spiro atoms. The molecule has 2 fully saturated rings. The average Bonchev–Trinajstić information content (AvgIpc) is 2.39. The number of nitrogens with zero attached hydrogens (tertiary/aromatic N) is 1. The van der Waals surface area contributed by atoms with Gasteiger partial charge in [0, 0.05) is 19.0 Å². The van der Waals surface area contributed by atoms with Crippen molar-refractivity contribution in [1.82, 2.24) is 4.90 Å². The number of hydrogen-bond acceptors (Lipinski definition) is 2. The summed E-state index contributed by atoms with van der Waals surface area (Å²) in [5.74, 6) is 0.435. The Morgan fingerprint density at radius 3 is 2.53 bits per heavy atom. The van der Waals surface area contributed by atoms with Crippen LogP contribution in [0.5, 0.6) is 0 Å². The topological polar surface area (TPSA) is 29.5 Å². The van der Waals surface area contributed by atoms with Gasteiger partial charge in [-0.2, -0.15) is 0 Å². The van der Waals surface area contributed by atoms with Crippen LogP contribution in [0, 0.1) is 11.8 Å². The number of fused-ring (bicyclic) bond motifs is 1. The first-order valence-electron chi connectivity index (χ1n) is 5.49. The number of carbonyl (C=O) groups is 1. The highest BCUT2D eigenvalue weighted by molar-refractivity contribution is 5.68. The molecule has 0 N–H and O–H groups in total. The van der Waals surface area contributed by atoms with E-state index in [4.69, 9.17) is 4.74 Å². The number of halogens is 1. The van der Waals surface area contributed by atoms with Crippen LogP contribution in [-0.2, 0) is 4.74 Å². The van der Waals surface area contributed by atoms with Gasteiger partial charge < -0.3 is 9.64 Å². The Hall–Kier alpha value is -0.800. The molecule has 1 aliphatic heterocycles. The summed E-state index contributed by atoms with van der Waals surface area (Å²) in [6.07, 6.45) is -0.393. The number of ether oxygens (including phenoxy) is 1. The summed E-state index contributed by atoms with van der Waals surface area (Å²) in [7, 11) is 0. The normalized spacial score (nSPS) is 34.7. The summed E-state index contributed by atoms with van der Waals surface area (Å²) in [5, 5.41) is 0. The van der Waals surface area contributed by atoms with Gasteiger partial charge in [-0.15, -0.1) is 0 Å². The summed E-state index contributed by atoms with van der Waals surface area (Å²) in [5.41, 5.74) is -0.464. The van der Waals surface area contributed by atoms with Crippen LogP contribution in [0.25, 0.3) is 0 Å². The Kier molecular flexibility index (Phi) is 2.40. The molecule has 1 amide bonds. The molecule has 3 atom stereocenters. The van der Waals surface area contributed by atoms with Crippen LogP contribution in [-0.4, -0.2) is 35.9 Å². The van der Waals surface area contributed by atoms with Crippen LogP contribution in [0.1, 0.15) is 27.2 Å². The van der Waals surface area contributed by atoms with E-state index in [0.717, 1.165) is 0 Å². The van der Waals surface area contributed by atoms with Gasteiger partial charge in [-0.25, -0.2) is 9.18 Å². The summed E-state index contributed by atoms with van der Waals surface area (Å²) in [6.45, 7) is 6.72. The molecule has 1 saturated carbocycles. The van der Waals surface area contributed by atoms with E-state index in [1.54, 1.807) is 4.90 Å². The molecule has 3 unspecified atom stereocenters. The fourth-order valence-corrected chi connectivity index (χ4v) is 2.30. The molecule has 1 heterocycles. The third kappa shape index (κ3) is 2.08. The van der Waals surface area contributed by atoms with E-state index in [-0.39, 0.29) is 12.0 Å². The number of hydrogen-bond donors (Lipinski definition) is 0. The van der Waals surface area contributed by atoms with Crippen molar-refractivity contribution in [2.45, 2.75) is 39.0 Å². The minimum atomic E-state index is -0.706. The van der Waals surface area contributed by atoms with E-state index < -0.39 is 11.8 Å². The Morgan fingerprint density at radius 2 is 2.07 bits per heavy atom. The number of likely N-dealkylation sites (tertiary alicyclic amines) is 1. The molecule has 1 saturated heterocycles. The molecule has 4 heteroatoms. The molecular formula is C11H18FNO2. The second-order valence-corrected chi connectivity index (χ2v) is 5.56. The lowest BCUT2D eigenvalue weighted by molar-refractivity contribution is 0.0286. The van der Waals surface area contributed by atoms with Gasteiger partial charge in [-0.3, -0.25) is 0 Å². The number of carbonyl (C=O) groups excluding carboxylic acids is 1. The molecule has 0 aromatic rings. The van der Waals surface area contributed by atoms with Gasteiger partial charge in [0.1, 0.15) is 11.8 Å². The van der Waals surface area contributed by atoms with Crippen molar-refractivity contribution in [3.8, 4) is 0 Å². The average molecular weight is 215 g/mol. The van der Waals surface area contributed by atoms with Gasteiger partial charge >= 0.3 is 6.09 Å². The Morgan fingerprint density at radius 1 is 1.40 bits per heavy atom. The Bertz CT molecular complexity index is 274. The molecule has 3 nitrogen and oxygen atoms in total. The van der Waals surface area contributed by atoms with Gasteiger partial charge in [-0.1, -0.05) is 0 Å². The van der Waals surface area contributed by atoms with Crippen LogP contribution in [0.15, 0.2) is 0 Å². The largest absolute Gasteiger partial charge is 0.444 e. The van der Waals surface area contributed by atoms with Crippen molar-refractivity contribution >= 4 is 6.09 Å². The number of rotatable bonds is 0. The minimum Gasteiger partial charge on any atom is -0.444 e. The zero-order chi connectivity index (χ0) is 11.2. The Balaban J connectivity index is 1.88. The first-order valence-corrected chi connectivity index (χ1v) is 5.49. The summed E-state index contributed by atoms with van der Waals surface area (Å²) in [6, 6.07) is 0. The van der Waals surface area contributed by atoms with Gasteiger partial charge in [0.25, 0.3) is 0 Å². The number of amides is 1. The molecule has 2 rings (SSSR count). The first-order chi connectivity index (χ1) is 6.87. The predicted molar refractivity (Wildman–Crippen MR) is 54.3 cm³/mol. The maximum atomic E-state index is 13.1. The highest BCUT2D eigenvalue weighted by Crippen LogP contribution is 2.43. The maximum absolute atomic E-state index is 13.1. The van der Waals surface area contributed by atoms with Gasteiger partial charge in [0.15, 0.2) is 0 Å². The highest BCUT2D eigenvalue weighted by Gasteiger charge is 2.49. The van der Waals surface area contributed by atoms with Crippen molar-refractivity contribution in [1.29, 1.82) is 0 Å². The fourth-order valence-electron chi connectivity index (χ4n) is 2.30. The quantitative estimate of drug-likeness (QED) is 0.620. The summed E-state index contributed by atoms with van der Waals surface area (Å²) in [4.78, 5) is 13.3. The van der Waals surface area contributed by atoms with Crippen molar-refractivity contribution in [3.05, 3.63) is 0 Å². The summed E-state index contributed by atoms with van der Waals surface area (Å²) < 4.78 is 18.3. The van der Waals surface area contributed by atoms with Crippen molar-refractivity contribution in [2.24, 2.45) is 11.8 Å². The molecule has 0 bridgehead atoms. The van der Waals surface area contributed by atoms with E-state index in [1.807, 2.05) is 20.8 Å². The van der Waals surface area contributed by atoms with Gasteiger partial charge in [-0.05, 0) is 33.1 Å². The van der Waals surface area contributed by atoms with Crippen LogP contribution < -0.4 is 0 Å². The molecule has 86 valence electrons. The number of alkyl halides is 1. The van der Waals surface area contributed by atoms with E-state index in [9.17, 15) is 9.18 Å². The zero-order valence-electron chi connectivity index (χ0n) is 9.50. The lowest BCUT2D eigenvalue weighted by Gasteiger charge is -2.32. The monoisotopic (exact) mass is 215 g/mol. The molecule has 15 heavy (non-hydrogen) atoms. The van der Waals surface area contributed by atoms with Gasteiger partial charge in [0.2, 0.25) is 0 Å². The van der Waals surface area contributed by atoms with Crippen LogP contribution in [0.2, 0.25) is 0 Å². The van der Waals surface area contributed by atoms with Crippen LogP contribution in [0.4, 0.5) is 9.18 Å². The van der Waals surface area contributed by atoms with E-state index in [2.05, 4.69) is 0 Å². The van der Waals surface area contributed by atoms with Crippen LogP contribution >= 0.6 is 0 Å². The standard InChI is InChI=1S/C11H18FNO2/c1-11(2,3)15-10(14)13-5-7-4-9(12)8(7)6-13/h7-9H,4-6H2,1-3H3. The van der Waals surface area contributed by atoms with E-state index >= 15 is 0 Å². The molecule has 0 radical (unpaired) electrons. The SMILES string of the molecule is CC(C)(C)OC(=O)N1CC2CC(F)C2C1. The lowest BCUT2D eigenvalue weighted by Crippen LogP contribution is -2.37. The minimum absolute atomic E-state index is 0.0671. The molecule has 0 aromatic carbocycles.